The van der Waals surface area contributed by atoms with Gasteiger partial charge in [0.1, 0.15) is 0 Å². The normalized spacial score (nSPS) is 10.5. The van der Waals surface area contributed by atoms with Gasteiger partial charge in [-0.05, 0) is 7.05 Å². The largest absolute Gasteiger partial charge is 0.268 e. The van der Waals surface area contributed by atoms with Gasteiger partial charge in [0.2, 0.25) is 0 Å². The zero-order valence-corrected chi connectivity index (χ0v) is 5.44. The van der Waals surface area contributed by atoms with E-state index in [2.05, 4.69) is 10.9 Å². The smallest absolute Gasteiger partial charge is 0.0748 e. The molecule has 0 fully saturated rings. The average Bonchev–Trinajstić information content (AvgIpc) is 1.83. The number of hydrazine groups is 2. The molecule has 0 bridgehead atoms. The monoisotopic (exact) mass is 118 g/mol. The lowest BCUT2D eigenvalue weighted by molar-refractivity contribution is 0.261. The Kier molecular flexibility index (Phi) is 4.89. The zero-order chi connectivity index (χ0) is 6.41. The van der Waals surface area contributed by atoms with Crippen LogP contribution in [0.15, 0.2) is 0 Å². The maximum absolute atomic E-state index is 5.39. The van der Waals surface area contributed by atoms with Crippen LogP contribution in [0.1, 0.15) is 6.92 Å². The molecule has 4 N–H and O–H groups in total. The van der Waals surface area contributed by atoms with Crippen LogP contribution < -0.4 is 16.7 Å². The number of hydrogen-bond acceptors (Lipinski definition) is 4. The fourth-order valence-electron chi connectivity index (χ4n) is 0.292. The molecule has 8 heavy (non-hydrogen) atoms. The van der Waals surface area contributed by atoms with Crippen LogP contribution >= 0.6 is 0 Å². The van der Waals surface area contributed by atoms with Crippen LogP contribution in [0.5, 0.6) is 0 Å². The van der Waals surface area contributed by atoms with E-state index in [1.165, 1.54) is 0 Å². The third kappa shape index (κ3) is 4.01. The van der Waals surface area contributed by atoms with Crippen LogP contribution in [-0.4, -0.2) is 25.3 Å². The first-order valence-electron chi connectivity index (χ1n) is 2.70. The highest BCUT2D eigenvalue weighted by Crippen LogP contribution is 1.66. The van der Waals surface area contributed by atoms with Gasteiger partial charge in [-0.2, -0.15) is 0 Å². The molecule has 0 spiro atoms. The number of nitrogens with one attached hydrogen (secondary N) is 2. The molecule has 0 heterocycles. The Morgan fingerprint density at radius 2 is 2.25 bits per heavy atom. The van der Waals surface area contributed by atoms with Gasteiger partial charge in [0.15, 0.2) is 0 Å². The Labute approximate surface area is 50.0 Å². The molecule has 0 aliphatic carbocycles. The number of nitrogens with two attached hydrogens (primary N) is 1. The summed E-state index contributed by atoms with van der Waals surface area (Å²) in [5.74, 6) is 5.39. The molecule has 0 aromatic heterocycles. The van der Waals surface area contributed by atoms with Gasteiger partial charge in [-0.25, -0.2) is 10.4 Å². The molecule has 0 aromatic rings. The Hall–Kier alpha value is -0.160. The van der Waals surface area contributed by atoms with Gasteiger partial charge in [-0.1, -0.05) is 6.92 Å². The molecular weight excluding hydrogens is 104 g/mol. The van der Waals surface area contributed by atoms with Crippen molar-refractivity contribution >= 4 is 0 Å². The lowest BCUT2D eigenvalue weighted by Crippen LogP contribution is -2.43. The molecule has 0 amide bonds. The second-order valence-electron chi connectivity index (χ2n) is 1.49. The molecule has 0 saturated heterocycles. The summed E-state index contributed by atoms with van der Waals surface area (Å²) in [5.41, 5.74) is 5.61. The Morgan fingerprint density at radius 3 is 2.62 bits per heavy atom. The van der Waals surface area contributed by atoms with Crippen molar-refractivity contribution in [3.8, 4) is 0 Å². The Bertz CT molecular complexity index is 47.3. The number of nitrogens with zero attached hydrogens (tertiary/aromatic N) is 1. The van der Waals surface area contributed by atoms with Crippen molar-refractivity contribution in [1.82, 2.24) is 15.9 Å². The third-order valence-corrected chi connectivity index (χ3v) is 0.865. The Balaban J connectivity index is 2.86. The predicted octanol–water partition coefficient (Wildman–Crippen LogP) is -1.14. The lowest BCUT2D eigenvalue weighted by atomic mass is 10.7. The van der Waals surface area contributed by atoms with Gasteiger partial charge in [0, 0.05) is 6.54 Å². The van der Waals surface area contributed by atoms with Gasteiger partial charge >= 0.3 is 0 Å². The maximum Gasteiger partial charge on any atom is 0.0748 e. The van der Waals surface area contributed by atoms with E-state index >= 15 is 0 Å². The fourth-order valence-corrected chi connectivity index (χ4v) is 0.292. The van der Waals surface area contributed by atoms with Gasteiger partial charge in [0.05, 0.1) is 6.67 Å². The van der Waals surface area contributed by atoms with Crippen LogP contribution in [0.25, 0.3) is 0 Å². The van der Waals surface area contributed by atoms with Crippen molar-refractivity contribution in [3.63, 3.8) is 0 Å². The third-order valence-electron chi connectivity index (χ3n) is 0.865. The SMILES string of the molecule is CCN(N)CNNC. The van der Waals surface area contributed by atoms with E-state index in [0.29, 0.717) is 6.67 Å². The van der Waals surface area contributed by atoms with Crippen molar-refractivity contribution in [3.05, 3.63) is 0 Å². The summed E-state index contributed by atoms with van der Waals surface area (Å²) in [7, 11) is 1.81. The summed E-state index contributed by atoms with van der Waals surface area (Å²) in [6.07, 6.45) is 0. The molecule has 50 valence electrons. The molecule has 0 aliphatic rings. The molecule has 4 nitrogen and oxygen atoms in total. The number of hydrogen-bond donors (Lipinski definition) is 3. The van der Waals surface area contributed by atoms with E-state index in [0.717, 1.165) is 6.54 Å². The Morgan fingerprint density at radius 1 is 1.62 bits per heavy atom. The minimum absolute atomic E-state index is 0.674. The van der Waals surface area contributed by atoms with Gasteiger partial charge < -0.3 is 0 Å². The molecule has 0 aliphatic heterocycles. The summed E-state index contributed by atoms with van der Waals surface area (Å²) in [5, 5.41) is 1.66. The van der Waals surface area contributed by atoms with Crippen molar-refractivity contribution in [2.45, 2.75) is 6.92 Å². The molecule has 0 aromatic carbocycles. The fraction of sp³-hybridized carbons (Fsp3) is 1.00. The van der Waals surface area contributed by atoms with Crippen molar-refractivity contribution in [2.24, 2.45) is 5.84 Å². The highest BCUT2D eigenvalue weighted by molar-refractivity contribution is 4.35. The first-order chi connectivity index (χ1) is 3.81. The maximum atomic E-state index is 5.39. The van der Waals surface area contributed by atoms with E-state index in [4.69, 9.17) is 5.84 Å². The lowest BCUT2D eigenvalue weighted by Gasteiger charge is -2.12. The summed E-state index contributed by atoms with van der Waals surface area (Å²) in [6, 6.07) is 0. The molecule has 0 radical (unpaired) electrons. The minimum atomic E-state index is 0.674. The molecule has 0 rings (SSSR count). The van der Waals surface area contributed by atoms with Crippen molar-refractivity contribution in [1.29, 1.82) is 0 Å². The summed E-state index contributed by atoms with van der Waals surface area (Å²) >= 11 is 0. The van der Waals surface area contributed by atoms with E-state index in [1.54, 1.807) is 5.01 Å². The van der Waals surface area contributed by atoms with Crippen molar-refractivity contribution in [2.75, 3.05) is 20.3 Å². The van der Waals surface area contributed by atoms with Crippen LogP contribution in [0.3, 0.4) is 0 Å². The molecule has 0 atom stereocenters. The highest BCUT2D eigenvalue weighted by Gasteiger charge is 1.88. The summed E-state index contributed by atoms with van der Waals surface area (Å²) in [4.78, 5) is 0. The average molecular weight is 118 g/mol. The second-order valence-corrected chi connectivity index (χ2v) is 1.49. The minimum Gasteiger partial charge on any atom is -0.268 e. The van der Waals surface area contributed by atoms with Gasteiger partial charge in [-0.15, -0.1) is 0 Å². The highest BCUT2D eigenvalue weighted by atomic mass is 15.5. The van der Waals surface area contributed by atoms with Crippen LogP contribution in [0.4, 0.5) is 0 Å². The van der Waals surface area contributed by atoms with Gasteiger partial charge in [0.25, 0.3) is 0 Å². The summed E-state index contributed by atoms with van der Waals surface area (Å²) < 4.78 is 0. The molecule has 0 saturated carbocycles. The standard InChI is InChI=1S/C4H14N4/c1-3-8(5)4-7-6-2/h6-7H,3-5H2,1-2H3. The first-order valence-corrected chi connectivity index (χ1v) is 2.70. The van der Waals surface area contributed by atoms with Crippen LogP contribution in [-0.2, 0) is 0 Å². The van der Waals surface area contributed by atoms with Crippen LogP contribution in [0, 0.1) is 0 Å². The first kappa shape index (κ1) is 7.84. The predicted molar refractivity (Wildman–Crippen MR) is 33.6 cm³/mol. The van der Waals surface area contributed by atoms with Crippen molar-refractivity contribution < 1.29 is 0 Å². The molecule has 4 heteroatoms. The summed E-state index contributed by atoms with van der Waals surface area (Å²) in [6.45, 7) is 3.53. The molecular formula is C4H14N4. The van der Waals surface area contributed by atoms with Gasteiger partial charge in [-0.3, -0.25) is 11.3 Å². The number of rotatable bonds is 4. The topological polar surface area (TPSA) is 53.3 Å². The van der Waals surface area contributed by atoms with E-state index < -0.39 is 0 Å². The second kappa shape index (κ2) is 4.99. The van der Waals surface area contributed by atoms with E-state index in [9.17, 15) is 0 Å². The molecule has 0 unspecified atom stereocenters. The van der Waals surface area contributed by atoms with E-state index in [-0.39, 0.29) is 0 Å². The van der Waals surface area contributed by atoms with E-state index in [1.807, 2.05) is 14.0 Å². The quantitative estimate of drug-likeness (QED) is 0.248. The van der Waals surface area contributed by atoms with Crippen LogP contribution in [0.2, 0.25) is 0 Å². The zero-order valence-electron chi connectivity index (χ0n) is 5.44.